The molecule has 0 saturated carbocycles. The maximum Gasteiger partial charge on any atom is 0.148 e. The van der Waals surface area contributed by atoms with Crippen LogP contribution >= 0.6 is 0 Å². The van der Waals surface area contributed by atoms with Gasteiger partial charge in [-0.1, -0.05) is 18.2 Å². The van der Waals surface area contributed by atoms with Crippen molar-refractivity contribution in [3.05, 3.63) is 58.4 Å². The lowest BCUT2D eigenvalue weighted by Gasteiger charge is -2.12. The first-order chi connectivity index (χ1) is 9.08. The summed E-state index contributed by atoms with van der Waals surface area (Å²) in [4.78, 5) is 0. The molecule has 0 aliphatic heterocycles. The van der Waals surface area contributed by atoms with E-state index in [2.05, 4.69) is 0 Å². The van der Waals surface area contributed by atoms with Gasteiger partial charge < -0.3 is 0 Å². The Morgan fingerprint density at radius 3 is 2.16 bits per heavy atom. The van der Waals surface area contributed by atoms with Crippen LogP contribution in [0, 0.1) is 42.3 Å². The molecule has 0 fully saturated rings. The normalized spacial score (nSPS) is 9.74. The van der Waals surface area contributed by atoms with E-state index in [1.165, 1.54) is 12.1 Å². The molecule has 0 N–H and O–H groups in total. The van der Waals surface area contributed by atoms with Gasteiger partial charge in [-0.3, -0.25) is 0 Å². The molecule has 0 aliphatic carbocycles. The van der Waals surface area contributed by atoms with Crippen LogP contribution in [0.15, 0.2) is 30.3 Å². The van der Waals surface area contributed by atoms with Crippen molar-refractivity contribution in [2.24, 2.45) is 0 Å². The quantitative estimate of drug-likeness (QED) is 0.771. The zero-order valence-electron chi connectivity index (χ0n) is 10.7. The van der Waals surface area contributed by atoms with E-state index >= 15 is 0 Å². The first-order valence-electron chi connectivity index (χ1n) is 5.78. The van der Waals surface area contributed by atoms with Crippen LogP contribution < -0.4 is 0 Å². The van der Waals surface area contributed by atoms with E-state index in [0.29, 0.717) is 5.56 Å². The number of aryl methyl sites for hydroxylation is 2. The highest BCUT2D eigenvalue weighted by molar-refractivity contribution is 5.74. The van der Waals surface area contributed by atoms with E-state index in [9.17, 15) is 4.39 Å². The lowest BCUT2D eigenvalue weighted by Crippen LogP contribution is -1.96. The van der Waals surface area contributed by atoms with E-state index in [4.69, 9.17) is 10.5 Å². The minimum absolute atomic E-state index is 0.100. The number of benzene rings is 2. The number of hydrogen-bond donors (Lipinski definition) is 0. The third-order valence-electron chi connectivity index (χ3n) is 3.07. The van der Waals surface area contributed by atoms with Crippen LogP contribution in [-0.2, 0) is 0 Å². The molecule has 0 amide bonds. The largest absolute Gasteiger partial charge is 0.205 e. The van der Waals surface area contributed by atoms with Gasteiger partial charge in [0.05, 0.1) is 17.2 Å². The molecule has 2 aromatic rings. The summed E-state index contributed by atoms with van der Waals surface area (Å²) in [7, 11) is 0. The van der Waals surface area contributed by atoms with Crippen molar-refractivity contribution in [2.75, 3.05) is 0 Å². The van der Waals surface area contributed by atoms with Gasteiger partial charge in [-0.05, 0) is 42.7 Å². The average Bonchev–Trinajstić information content (AvgIpc) is 2.40. The van der Waals surface area contributed by atoms with Gasteiger partial charge in [-0.25, -0.2) is 4.39 Å². The van der Waals surface area contributed by atoms with Gasteiger partial charge >= 0.3 is 0 Å². The van der Waals surface area contributed by atoms with Gasteiger partial charge in [-0.15, -0.1) is 0 Å². The predicted molar refractivity (Wildman–Crippen MR) is 70.7 cm³/mol. The summed E-state index contributed by atoms with van der Waals surface area (Å²) in [5, 5.41) is 17.9. The van der Waals surface area contributed by atoms with E-state index in [-0.39, 0.29) is 11.1 Å². The van der Waals surface area contributed by atoms with Gasteiger partial charge in [0.25, 0.3) is 0 Å². The van der Waals surface area contributed by atoms with Crippen LogP contribution in [-0.4, -0.2) is 0 Å². The van der Waals surface area contributed by atoms with Crippen LogP contribution in [0.5, 0.6) is 0 Å². The molecule has 2 rings (SSSR count). The summed E-state index contributed by atoms with van der Waals surface area (Å²) < 4.78 is 14.3. The van der Waals surface area contributed by atoms with Crippen molar-refractivity contribution in [3.8, 4) is 23.3 Å². The Balaban J connectivity index is 2.84. The highest BCUT2D eigenvalue weighted by Gasteiger charge is 2.15. The highest BCUT2D eigenvalue weighted by atomic mass is 19.1. The lowest BCUT2D eigenvalue weighted by atomic mass is 9.93. The van der Waals surface area contributed by atoms with Gasteiger partial charge in [0.15, 0.2) is 0 Å². The standard InChI is InChI=1S/C16H11FN2/c1-10-4-3-5-11(2)15(10)14-7-12(8-18)6-13(9-19)16(14)17/h3-7H,1-2H3. The van der Waals surface area contributed by atoms with E-state index < -0.39 is 5.82 Å². The van der Waals surface area contributed by atoms with Crippen LogP contribution in [0.25, 0.3) is 11.1 Å². The average molecular weight is 250 g/mol. The predicted octanol–water partition coefficient (Wildman–Crippen LogP) is 3.85. The topological polar surface area (TPSA) is 47.6 Å². The second-order valence-electron chi connectivity index (χ2n) is 4.38. The lowest BCUT2D eigenvalue weighted by molar-refractivity contribution is 0.627. The smallest absolute Gasteiger partial charge is 0.148 e. The number of hydrogen-bond acceptors (Lipinski definition) is 2. The van der Waals surface area contributed by atoms with Crippen LogP contribution in [0.4, 0.5) is 4.39 Å². The first kappa shape index (κ1) is 12.8. The summed E-state index contributed by atoms with van der Waals surface area (Å²) in [5.74, 6) is -0.570. The zero-order valence-corrected chi connectivity index (χ0v) is 10.7. The minimum Gasteiger partial charge on any atom is -0.205 e. The SMILES string of the molecule is Cc1cccc(C)c1-c1cc(C#N)cc(C#N)c1F. The fourth-order valence-electron chi connectivity index (χ4n) is 2.19. The molecule has 0 aromatic heterocycles. The Kier molecular flexibility index (Phi) is 3.31. The maximum absolute atomic E-state index is 14.3. The summed E-state index contributed by atoms with van der Waals surface area (Å²) in [6.45, 7) is 3.76. The molecule has 0 aliphatic rings. The fourth-order valence-corrected chi connectivity index (χ4v) is 2.19. The molecule has 0 saturated heterocycles. The molecule has 3 heteroatoms. The zero-order chi connectivity index (χ0) is 14.0. The Morgan fingerprint density at radius 1 is 1.00 bits per heavy atom. The van der Waals surface area contributed by atoms with E-state index in [1.54, 1.807) is 6.07 Å². The summed E-state index contributed by atoms with van der Waals surface area (Å²) in [6.07, 6.45) is 0. The highest BCUT2D eigenvalue weighted by Crippen LogP contribution is 2.31. The van der Waals surface area contributed by atoms with Crippen molar-refractivity contribution in [1.82, 2.24) is 0 Å². The van der Waals surface area contributed by atoms with Crippen LogP contribution in [0.3, 0.4) is 0 Å². The molecular formula is C16H11FN2. The molecule has 0 atom stereocenters. The van der Waals surface area contributed by atoms with Gasteiger partial charge in [0.2, 0.25) is 0 Å². The molecule has 92 valence electrons. The fraction of sp³-hybridized carbons (Fsp3) is 0.125. The Morgan fingerprint density at radius 2 is 1.63 bits per heavy atom. The molecular weight excluding hydrogens is 239 g/mol. The molecule has 0 spiro atoms. The molecule has 0 radical (unpaired) electrons. The van der Waals surface area contributed by atoms with Gasteiger partial charge in [0, 0.05) is 5.56 Å². The third-order valence-corrected chi connectivity index (χ3v) is 3.07. The Hall–Kier alpha value is -2.65. The number of rotatable bonds is 1. The Bertz CT molecular complexity index is 713. The monoisotopic (exact) mass is 250 g/mol. The van der Waals surface area contributed by atoms with Crippen molar-refractivity contribution >= 4 is 0 Å². The summed E-state index contributed by atoms with van der Waals surface area (Å²) in [5.41, 5.74) is 3.07. The van der Waals surface area contributed by atoms with Crippen molar-refractivity contribution < 1.29 is 4.39 Å². The first-order valence-corrected chi connectivity index (χ1v) is 5.78. The van der Waals surface area contributed by atoms with Gasteiger partial charge in [0.1, 0.15) is 11.9 Å². The van der Waals surface area contributed by atoms with Gasteiger partial charge in [-0.2, -0.15) is 10.5 Å². The van der Waals surface area contributed by atoms with Crippen LogP contribution in [0.1, 0.15) is 22.3 Å². The molecule has 0 heterocycles. The number of halogens is 1. The van der Waals surface area contributed by atoms with Crippen molar-refractivity contribution in [1.29, 1.82) is 10.5 Å². The molecule has 19 heavy (non-hydrogen) atoms. The Labute approximate surface area is 111 Å². The summed E-state index contributed by atoms with van der Waals surface area (Å²) >= 11 is 0. The minimum atomic E-state index is -0.570. The summed E-state index contributed by atoms with van der Waals surface area (Å²) in [6, 6.07) is 12.2. The third kappa shape index (κ3) is 2.19. The van der Waals surface area contributed by atoms with Crippen molar-refractivity contribution in [2.45, 2.75) is 13.8 Å². The molecule has 0 unspecified atom stereocenters. The van der Waals surface area contributed by atoms with Crippen molar-refractivity contribution in [3.63, 3.8) is 0 Å². The second-order valence-corrected chi connectivity index (χ2v) is 4.38. The molecule has 0 bridgehead atoms. The van der Waals surface area contributed by atoms with E-state index in [0.717, 1.165) is 16.7 Å². The second kappa shape index (κ2) is 4.92. The number of nitriles is 2. The maximum atomic E-state index is 14.3. The van der Waals surface area contributed by atoms with Crippen LogP contribution in [0.2, 0.25) is 0 Å². The molecule has 2 aromatic carbocycles. The van der Waals surface area contributed by atoms with E-state index in [1.807, 2.05) is 38.1 Å². The molecule has 2 nitrogen and oxygen atoms in total. The number of nitrogens with zero attached hydrogens (tertiary/aromatic N) is 2.